The quantitative estimate of drug-likeness (QED) is 0.753. The third-order valence-electron chi connectivity index (χ3n) is 2.25. The first-order chi connectivity index (χ1) is 8.78. The lowest BCUT2D eigenvalue weighted by Gasteiger charge is -2.30. The summed E-state index contributed by atoms with van der Waals surface area (Å²) in [5, 5.41) is 9.90. The van der Waals surface area contributed by atoms with Crippen LogP contribution < -0.4 is 5.43 Å². The number of alkyl halides is 3. The number of amides is 2. The van der Waals surface area contributed by atoms with E-state index in [0.29, 0.717) is 26.3 Å². The second-order valence-electron chi connectivity index (χ2n) is 3.88. The summed E-state index contributed by atoms with van der Waals surface area (Å²) in [6.45, 7) is -1.28. The molecule has 0 aromatic heterocycles. The number of urea groups is 1. The molecule has 110 valence electrons. The summed E-state index contributed by atoms with van der Waals surface area (Å²) in [6.07, 6.45) is -4.65. The zero-order valence-corrected chi connectivity index (χ0v) is 9.94. The normalized spacial score (nSPS) is 17.0. The molecule has 1 fully saturated rings. The summed E-state index contributed by atoms with van der Waals surface area (Å²) in [4.78, 5) is 22.3. The fraction of sp³-hybridized carbons (Fsp3) is 0.778. The van der Waals surface area contributed by atoms with Crippen molar-refractivity contribution in [2.75, 3.05) is 39.4 Å². The Balaban J connectivity index is 2.56. The van der Waals surface area contributed by atoms with E-state index in [4.69, 9.17) is 9.84 Å². The van der Waals surface area contributed by atoms with Crippen LogP contribution in [0.15, 0.2) is 0 Å². The molecule has 19 heavy (non-hydrogen) atoms. The zero-order chi connectivity index (χ0) is 14.5. The molecule has 1 saturated heterocycles. The number of carboxylic acid groups (broad SMARTS) is 1. The maximum Gasteiger partial charge on any atom is 0.406 e. The molecule has 2 amide bonds. The molecular formula is C9H14F3N3O4. The summed E-state index contributed by atoms with van der Waals surface area (Å²) >= 11 is 0. The highest BCUT2D eigenvalue weighted by molar-refractivity contribution is 5.79. The lowest BCUT2D eigenvalue weighted by Crippen LogP contribution is -2.55. The van der Waals surface area contributed by atoms with Crippen molar-refractivity contribution in [2.24, 2.45) is 0 Å². The van der Waals surface area contributed by atoms with Crippen LogP contribution in [0, 0.1) is 0 Å². The van der Waals surface area contributed by atoms with E-state index >= 15 is 0 Å². The van der Waals surface area contributed by atoms with Crippen molar-refractivity contribution in [1.82, 2.24) is 15.3 Å². The Morgan fingerprint density at radius 3 is 2.37 bits per heavy atom. The van der Waals surface area contributed by atoms with Gasteiger partial charge in [-0.15, -0.1) is 0 Å². The highest BCUT2D eigenvalue weighted by Gasteiger charge is 2.34. The number of carbonyl (C=O) groups is 2. The predicted octanol–water partition coefficient (Wildman–Crippen LogP) is -0.108. The number of nitrogens with zero attached hydrogens (tertiary/aromatic N) is 2. The van der Waals surface area contributed by atoms with E-state index in [9.17, 15) is 22.8 Å². The number of nitrogens with one attached hydrogen (secondary N) is 1. The van der Waals surface area contributed by atoms with Crippen molar-refractivity contribution in [2.45, 2.75) is 6.18 Å². The molecule has 0 saturated carbocycles. The number of rotatable bonds is 4. The first kappa shape index (κ1) is 15.5. The van der Waals surface area contributed by atoms with Crippen molar-refractivity contribution in [3.8, 4) is 0 Å². The molecule has 10 heteroatoms. The van der Waals surface area contributed by atoms with E-state index in [0.717, 1.165) is 0 Å². The second-order valence-corrected chi connectivity index (χ2v) is 3.88. The topological polar surface area (TPSA) is 82.1 Å². The van der Waals surface area contributed by atoms with E-state index < -0.39 is 31.3 Å². The molecule has 1 aliphatic heterocycles. The third kappa shape index (κ3) is 6.25. The lowest BCUT2D eigenvalue weighted by molar-refractivity contribution is -0.149. The molecule has 0 spiro atoms. The van der Waals surface area contributed by atoms with Crippen molar-refractivity contribution in [3.63, 3.8) is 0 Å². The first-order valence-electron chi connectivity index (χ1n) is 5.45. The van der Waals surface area contributed by atoms with Crippen LogP contribution in [0.1, 0.15) is 0 Å². The van der Waals surface area contributed by atoms with Crippen molar-refractivity contribution in [1.29, 1.82) is 0 Å². The van der Waals surface area contributed by atoms with E-state index in [-0.39, 0.29) is 4.90 Å². The Kier molecular flexibility index (Phi) is 5.36. The van der Waals surface area contributed by atoms with Gasteiger partial charge in [-0.2, -0.15) is 13.2 Å². The van der Waals surface area contributed by atoms with Gasteiger partial charge in [-0.3, -0.25) is 10.2 Å². The molecule has 0 aliphatic carbocycles. The minimum atomic E-state index is -4.65. The minimum absolute atomic E-state index is 0.192. The van der Waals surface area contributed by atoms with Gasteiger partial charge in [0.25, 0.3) is 0 Å². The van der Waals surface area contributed by atoms with Gasteiger partial charge in [-0.1, -0.05) is 0 Å². The largest absolute Gasteiger partial charge is 0.480 e. The SMILES string of the molecule is O=C(O)CN(CC(F)(F)F)C(=O)NN1CCOCC1. The van der Waals surface area contributed by atoms with Crippen LogP contribution in [0.3, 0.4) is 0 Å². The first-order valence-corrected chi connectivity index (χ1v) is 5.45. The van der Waals surface area contributed by atoms with E-state index in [2.05, 4.69) is 5.43 Å². The summed E-state index contributed by atoms with van der Waals surface area (Å²) in [5.41, 5.74) is 2.22. The number of aliphatic carboxylic acids is 1. The number of hydrazine groups is 1. The summed E-state index contributed by atoms with van der Waals surface area (Å²) < 4.78 is 41.7. The number of carboxylic acids is 1. The maximum absolute atomic E-state index is 12.2. The number of hydrogen-bond acceptors (Lipinski definition) is 4. The summed E-state index contributed by atoms with van der Waals surface area (Å²) in [5.74, 6) is -1.51. The van der Waals surface area contributed by atoms with Gasteiger partial charge in [0, 0.05) is 13.1 Å². The van der Waals surface area contributed by atoms with Crippen LogP contribution in [0.4, 0.5) is 18.0 Å². The molecule has 0 aromatic rings. The average Bonchev–Trinajstić information content (AvgIpc) is 2.27. The van der Waals surface area contributed by atoms with Gasteiger partial charge in [-0.05, 0) is 0 Å². The number of morpholine rings is 1. The van der Waals surface area contributed by atoms with Gasteiger partial charge in [0.15, 0.2) is 0 Å². The molecule has 1 rings (SSSR count). The molecule has 0 radical (unpaired) electrons. The molecule has 1 aliphatic rings. The number of halogens is 3. The molecule has 1 heterocycles. The highest BCUT2D eigenvalue weighted by Crippen LogP contribution is 2.16. The second kappa shape index (κ2) is 6.57. The van der Waals surface area contributed by atoms with Gasteiger partial charge in [-0.25, -0.2) is 9.80 Å². The fourth-order valence-corrected chi connectivity index (χ4v) is 1.46. The van der Waals surface area contributed by atoms with Crippen LogP contribution in [-0.2, 0) is 9.53 Å². The number of carbonyl (C=O) groups excluding carboxylic acids is 1. The van der Waals surface area contributed by atoms with E-state index in [1.807, 2.05) is 0 Å². The Morgan fingerprint density at radius 2 is 1.89 bits per heavy atom. The standard InChI is InChI=1S/C9H14F3N3O4/c10-9(11,12)6-14(5-7(16)17)8(18)13-15-1-3-19-4-2-15/h1-6H2,(H,13,18)(H,16,17). The Morgan fingerprint density at radius 1 is 1.32 bits per heavy atom. The summed E-state index contributed by atoms with van der Waals surface area (Å²) in [7, 11) is 0. The van der Waals surface area contributed by atoms with E-state index in [1.54, 1.807) is 0 Å². The fourth-order valence-electron chi connectivity index (χ4n) is 1.46. The third-order valence-corrected chi connectivity index (χ3v) is 2.25. The molecule has 2 N–H and O–H groups in total. The van der Waals surface area contributed by atoms with Crippen LogP contribution in [0.5, 0.6) is 0 Å². The highest BCUT2D eigenvalue weighted by atomic mass is 19.4. The average molecular weight is 285 g/mol. The van der Waals surface area contributed by atoms with Gasteiger partial charge in [0.05, 0.1) is 13.2 Å². The van der Waals surface area contributed by atoms with Gasteiger partial charge in [0.2, 0.25) is 0 Å². The zero-order valence-electron chi connectivity index (χ0n) is 9.94. The molecule has 0 atom stereocenters. The Labute approximate surface area is 106 Å². The maximum atomic E-state index is 12.2. The van der Waals surface area contributed by atoms with Crippen LogP contribution in [0.25, 0.3) is 0 Å². The van der Waals surface area contributed by atoms with Crippen molar-refractivity contribution in [3.05, 3.63) is 0 Å². The van der Waals surface area contributed by atoms with Gasteiger partial charge in [0.1, 0.15) is 13.1 Å². The summed E-state index contributed by atoms with van der Waals surface area (Å²) in [6, 6.07) is -1.10. The molecular weight excluding hydrogens is 271 g/mol. The van der Waals surface area contributed by atoms with Crippen LogP contribution >= 0.6 is 0 Å². The number of hydrogen-bond donors (Lipinski definition) is 2. The van der Waals surface area contributed by atoms with E-state index in [1.165, 1.54) is 5.01 Å². The van der Waals surface area contributed by atoms with Crippen LogP contribution in [0.2, 0.25) is 0 Å². The van der Waals surface area contributed by atoms with Gasteiger partial charge >= 0.3 is 18.2 Å². The van der Waals surface area contributed by atoms with Crippen molar-refractivity contribution >= 4 is 12.0 Å². The smallest absolute Gasteiger partial charge is 0.406 e. The molecule has 0 bridgehead atoms. The molecule has 7 nitrogen and oxygen atoms in total. The Hall–Kier alpha value is -1.55. The molecule has 0 aromatic carbocycles. The monoisotopic (exact) mass is 285 g/mol. The van der Waals surface area contributed by atoms with Crippen molar-refractivity contribution < 1.29 is 32.6 Å². The van der Waals surface area contributed by atoms with Gasteiger partial charge < -0.3 is 14.7 Å². The minimum Gasteiger partial charge on any atom is -0.480 e. The molecule has 0 unspecified atom stereocenters. The number of ether oxygens (including phenoxy) is 1. The predicted molar refractivity (Wildman–Crippen MR) is 56.2 cm³/mol. The van der Waals surface area contributed by atoms with Crippen LogP contribution in [-0.4, -0.2) is 72.6 Å². The lowest BCUT2D eigenvalue weighted by atomic mass is 10.4. The Bertz CT molecular complexity index is 331.